The van der Waals surface area contributed by atoms with Gasteiger partial charge < -0.3 is 10.6 Å². The largest absolute Gasteiger partial charge is 0.330 e. The maximum Gasteiger partial charge on any atom is 0.00956 e. The lowest BCUT2D eigenvalue weighted by Gasteiger charge is -2.34. The summed E-state index contributed by atoms with van der Waals surface area (Å²) in [6, 6.07) is 0.823. The highest BCUT2D eigenvalue weighted by Gasteiger charge is 2.18. The zero-order chi connectivity index (χ0) is 10.2. The molecule has 0 aromatic heterocycles. The molecule has 2 N–H and O–H groups in total. The summed E-state index contributed by atoms with van der Waals surface area (Å²) in [5.41, 5.74) is 5.58. The summed E-state index contributed by atoms with van der Waals surface area (Å²) < 4.78 is 0. The monoisotopic (exact) mass is 198 g/mol. The number of piperidine rings is 1. The van der Waals surface area contributed by atoms with Gasteiger partial charge in [0.2, 0.25) is 0 Å². The van der Waals surface area contributed by atoms with Crippen LogP contribution < -0.4 is 5.73 Å². The van der Waals surface area contributed by atoms with Crippen LogP contribution in [0.5, 0.6) is 0 Å². The zero-order valence-corrected chi connectivity index (χ0v) is 9.67. The molecular weight excluding hydrogens is 172 g/mol. The lowest BCUT2D eigenvalue weighted by Crippen LogP contribution is -2.39. The van der Waals surface area contributed by atoms with E-state index in [0.717, 1.165) is 12.6 Å². The van der Waals surface area contributed by atoms with Gasteiger partial charge >= 0.3 is 0 Å². The van der Waals surface area contributed by atoms with Gasteiger partial charge in [0.05, 0.1) is 0 Å². The number of nitrogens with two attached hydrogens (primary N) is 1. The van der Waals surface area contributed by atoms with Crippen molar-refractivity contribution in [3.63, 3.8) is 0 Å². The molecule has 0 radical (unpaired) electrons. The van der Waals surface area contributed by atoms with Crippen molar-refractivity contribution in [3.05, 3.63) is 0 Å². The normalized spacial score (nSPS) is 21.0. The highest BCUT2D eigenvalue weighted by atomic mass is 15.2. The topological polar surface area (TPSA) is 29.3 Å². The minimum Gasteiger partial charge on any atom is -0.330 e. The maximum absolute atomic E-state index is 5.58. The Morgan fingerprint density at radius 1 is 1.14 bits per heavy atom. The predicted octanol–water partition coefficient (Wildman–Crippen LogP) is 2.38. The van der Waals surface area contributed by atoms with Gasteiger partial charge in [-0.2, -0.15) is 0 Å². The molecule has 84 valence electrons. The molecule has 0 bridgehead atoms. The Morgan fingerprint density at radius 3 is 2.43 bits per heavy atom. The van der Waals surface area contributed by atoms with E-state index in [9.17, 15) is 0 Å². The summed E-state index contributed by atoms with van der Waals surface area (Å²) in [5, 5.41) is 0. The molecule has 1 fully saturated rings. The molecule has 0 spiro atoms. The molecule has 1 atom stereocenters. The third-order valence-electron chi connectivity index (χ3n) is 3.27. The van der Waals surface area contributed by atoms with E-state index in [1.54, 1.807) is 0 Å². The van der Waals surface area contributed by atoms with Crippen molar-refractivity contribution < 1.29 is 0 Å². The van der Waals surface area contributed by atoms with E-state index in [4.69, 9.17) is 5.73 Å². The average molecular weight is 198 g/mol. The number of hydrogen-bond acceptors (Lipinski definition) is 2. The molecule has 0 amide bonds. The second-order valence-electron chi connectivity index (χ2n) is 4.47. The quantitative estimate of drug-likeness (QED) is 0.710. The molecular formula is C12H26N2. The summed E-state index contributed by atoms with van der Waals surface area (Å²) in [6.45, 7) is 5.80. The molecule has 1 aliphatic rings. The highest BCUT2D eigenvalue weighted by molar-refractivity contribution is 4.74. The van der Waals surface area contributed by atoms with Crippen molar-refractivity contribution in [3.8, 4) is 0 Å². The van der Waals surface area contributed by atoms with E-state index in [1.165, 1.54) is 58.0 Å². The Hall–Kier alpha value is -0.0800. The van der Waals surface area contributed by atoms with Gasteiger partial charge in [-0.15, -0.1) is 0 Å². The first-order valence-corrected chi connectivity index (χ1v) is 6.32. The standard InChI is InChI=1S/C12H26N2/c1-2-7-12(8-6-9-13)14-10-4-3-5-11-14/h12H,2-11,13H2,1H3. The fraction of sp³-hybridized carbons (Fsp3) is 1.00. The first kappa shape index (κ1) is 12.0. The molecule has 1 rings (SSSR count). The van der Waals surface area contributed by atoms with Crippen molar-refractivity contribution in [2.45, 2.75) is 57.9 Å². The Morgan fingerprint density at radius 2 is 1.86 bits per heavy atom. The molecule has 14 heavy (non-hydrogen) atoms. The Bertz CT molecular complexity index is 130. The third-order valence-corrected chi connectivity index (χ3v) is 3.27. The second-order valence-corrected chi connectivity index (χ2v) is 4.47. The maximum atomic E-state index is 5.58. The Balaban J connectivity index is 2.30. The van der Waals surface area contributed by atoms with Crippen LogP contribution in [0.15, 0.2) is 0 Å². The fourth-order valence-electron chi connectivity index (χ4n) is 2.48. The molecule has 1 aliphatic heterocycles. The fourth-order valence-corrected chi connectivity index (χ4v) is 2.48. The van der Waals surface area contributed by atoms with Crippen molar-refractivity contribution >= 4 is 0 Å². The van der Waals surface area contributed by atoms with Crippen LogP contribution in [0.4, 0.5) is 0 Å². The van der Waals surface area contributed by atoms with Crippen molar-refractivity contribution in [2.24, 2.45) is 5.73 Å². The number of hydrogen-bond donors (Lipinski definition) is 1. The van der Waals surface area contributed by atoms with E-state index < -0.39 is 0 Å². The smallest absolute Gasteiger partial charge is 0.00956 e. The van der Waals surface area contributed by atoms with Crippen molar-refractivity contribution in [1.82, 2.24) is 4.90 Å². The Kier molecular flexibility index (Phi) is 6.20. The van der Waals surface area contributed by atoms with E-state index in [0.29, 0.717) is 0 Å². The van der Waals surface area contributed by atoms with Crippen LogP contribution in [0.25, 0.3) is 0 Å². The summed E-state index contributed by atoms with van der Waals surface area (Å²) in [7, 11) is 0. The second kappa shape index (κ2) is 7.24. The molecule has 0 aromatic rings. The molecule has 1 unspecified atom stereocenters. The molecule has 0 aromatic carbocycles. The van der Waals surface area contributed by atoms with Gasteiger partial charge in [-0.3, -0.25) is 0 Å². The lowest BCUT2D eigenvalue weighted by atomic mass is 10.0. The van der Waals surface area contributed by atoms with Gasteiger partial charge in [-0.05, 0) is 51.7 Å². The first-order chi connectivity index (χ1) is 6.88. The van der Waals surface area contributed by atoms with Crippen LogP contribution >= 0.6 is 0 Å². The van der Waals surface area contributed by atoms with Crippen LogP contribution in [0, 0.1) is 0 Å². The SMILES string of the molecule is CCCC(CCCN)N1CCCCC1. The van der Waals surface area contributed by atoms with Gasteiger partial charge in [0.25, 0.3) is 0 Å². The van der Waals surface area contributed by atoms with Gasteiger partial charge in [0.15, 0.2) is 0 Å². The average Bonchev–Trinajstić information content (AvgIpc) is 2.25. The minimum absolute atomic E-state index is 0.823. The number of nitrogens with zero attached hydrogens (tertiary/aromatic N) is 1. The summed E-state index contributed by atoms with van der Waals surface area (Å²) in [6.07, 6.45) is 9.43. The van der Waals surface area contributed by atoms with Crippen LogP contribution in [-0.2, 0) is 0 Å². The van der Waals surface area contributed by atoms with Crippen LogP contribution in [0.2, 0.25) is 0 Å². The number of rotatable bonds is 6. The van der Waals surface area contributed by atoms with E-state index >= 15 is 0 Å². The molecule has 2 nitrogen and oxygen atoms in total. The van der Waals surface area contributed by atoms with Gasteiger partial charge in [0, 0.05) is 6.04 Å². The van der Waals surface area contributed by atoms with Gasteiger partial charge in [-0.25, -0.2) is 0 Å². The van der Waals surface area contributed by atoms with E-state index in [2.05, 4.69) is 11.8 Å². The minimum atomic E-state index is 0.823. The third kappa shape index (κ3) is 3.97. The molecule has 1 saturated heterocycles. The summed E-state index contributed by atoms with van der Waals surface area (Å²) >= 11 is 0. The summed E-state index contributed by atoms with van der Waals surface area (Å²) in [4.78, 5) is 2.70. The van der Waals surface area contributed by atoms with Gasteiger partial charge in [-0.1, -0.05) is 19.8 Å². The van der Waals surface area contributed by atoms with Crippen LogP contribution in [0.3, 0.4) is 0 Å². The van der Waals surface area contributed by atoms with Crippen molar-refractivity contribution in [2.75, 3.05) is 19.6 Å². The number of likely N-dealkylation sites (tertiary alicyclic amines) is 1. The molecule has 1 heterocycles. The predicted molar refractivity (Wildman–Crippen MR) is 62.4 cm³/mol. The molecule has 0 aliphatic carbocycles. The van der Waals surface area contributed by atoms with Gasteiger partial charge in [0.1, 0.15) is 0 Å². The van der Waals surface area contributed by atoms with Crippen LogP contribution in [-0.4, -0.2) is 30.6 Å². The van der Waals surface area contributed by atoms with E-state index in [-0.39, 0.29) is 0 Å². The lowest BCUT2D eigenvalue weighted by molar-refractivity contribution is 0.145. The zero-order valence-electron chi connectivity index (χ0n) is 9.67. The highest BCUT2D eigenvalue weighted by Crippen LogP contribution is 2.18. The molecule has 2 heteroatoms. The first-order valence-electron chi connectivity index (χ1n) is 6.32. The Labute approximate surface area is 88.8 Å². The van der Waals surface area contributed by atoms with E-state index in [1.807, 2.05) is 0 Å². The van der Waals surface area contributed by atoms with Crippen LogP contribution in [0.1, 0.15) is 51.9 Å². The molecule has 0 saturated carbocycles. The van der Waals surface area contributed by atoms with Crippen molar-refractivity contribution in [1.29, 1.82) is 0 Å². The summed E-state index contributed by atoms with van der Waals surface area (Å²) in [5.74, 6) is 0.